The summed E-state index contributed by atoms with van der Waals surface area (Å²) in [6.07, 6.45) is 0.304. The first-order valence-corrected chi connectivity index (χ1v) is 4.03. The van der Waals surface area contributed by atoms with E-state index in [1.807, 2.05) is 6.07 Å². The van der Waals surface area contributed by atoms with Crippen LogP contribution in [0.25, 0.3) is 0 Å². The van der Waals surface area contributed by atoms with Gasteiger partial charge in [0, 0.05) is 5.56 Å². The molecular weight excluding hydrogens is 168 g/mol. The SMILES string of the molecule is NC1=NOC(c2ccccc2O)C1. The molecule has 0 aliphatic carbocycles. The molecule has 3 N–H and O–H groups in total. The van der Waals surface area contributed by atoms with Crippen molar-refractivity contribution in [1.29, 1.82) is 0 Å². The Morgan fingerprint density at radius 3 is 2.85 bits per heavy atom. The number of hydrogen-bond donors (Lipinski definition) is 2. The normalized spacial score (nSPS) is 20.9. The number of phenolic OH excluding ortho intramolecular Hbond substituents is 1. The lowest BCUT2D eigenvalue weighted by Crippen LogP contribution is -2.09. The van der Waals surface area contributed by atoms with Gasteiger partial charge < -0.3 is 15.7 Å². The van der Waals surface area contributed by atoms with Crippen LogP contribution in [0.15, 0.2) is 29.4 Å². The Morgan fingerprint density at radius 2 is 2.23 bits per heavy atom. The van der Waals surface area contributed by atoms with Crippen LogP contribution in [0.2, 0.25) is 0 Å². The Bertz CT molecular complexity index is 349. The van der Waals surface area contributed by atoms with E-state index in [1.165, 1.54) is 0 Å². The van der Waals surface area contributed by atoms with E-state index in [0.717, 1.165) is 5.56 Å². The van der Waals surface area contributed by atoms with E-state index in [0.29, 0.717) is 12.3 Å². The third kappa shape index (κ3) is 1.42. The molecule has 1 aliphatic heterocycles. The summed E-state index contributed by atoms with van der Waals surface area (Å²) in [7, 11) is 0. The lowest BCUT2D eigenvalue weighted by Gasteiger charge is -2.09. The highest BCUT2D eigenvalue weighted by Gasteiger charge is 2.22. The molecule has 0 aromatic heterocycles. The van der Waals surface area contributed by atoms with Crippen molar-refractivity contribution in [3.8, 4) is 5.75 Å². The maximum atomic E-state index is 9.49. The summed E-state index contributed by atoms with van der Waals surface area (Å²) in [6.45, 7) is 0. The number of oxime groups is 1. The van der Waals surface area contributed by atoms with E-state index >= 15 is 0 Å². The van der Waals surface area contributed by atoms with Gasteiger partial charge in [-0.1, -0.05) is 23.4 Å². The van der Waals surface area contributed by atoms with E-state index in [2.05, 4.69) is 5.16 Å². The smallest absolute Gasteiger partial charge is 0.163 e. The molecule has 0 amide bonds. The van der Waals surface area contributed by atoms with Crippen molar-refractivity contribution in [3.63, 3.8) is 0 Å². The number of rotatable bonds is 1. The van der Waals surface area contributed by atoms with Crippen molar-refractivity contribution >= 4 is 5.84 Å². The van der Waals surface area contributed by atoms with Gasteiger partial charge in [-0.2, -0.15) is 0 Å². The number of phenols is 1. The summed E-state index contributed by atoms with van der Waals surface area (Å²) in [5.74, 6) is 0.686. The number of nitrogens with zero attached hydrogens (tertiary/aromatic N) is 1. The van der Waals surface area contributed by atoms with E-state index in [4.69, 9.17) is 10.6 Å². The molecular formula is C9H10N2O2. The first kappa shape index (κ1) is 7.91. The molecule has 0 saturated heterocycles. The lowest BCUT2D eigenvalue weighted by molar-refractivity contribution is 0.0838. The number of para-hydroxylation sites is 1. The van der Waals surface area contributed by atoms with Crippen LogP contribution >= 0.6 is 0 Å². The molecule has 1 aliphatic rings. The Morgan fingerprint density at radius 1 is 1.46 bits per heavy atom. The molecule has 2 rings (SSSR count). The molecule has 0 radical (unpaired) electrons. The third-order valence-corrected chi connectivity index (χ3v) is 1.98. The average molecular weight is 178 g/mol. The molecule has 1 unspecified atom stereocenters. The fourth-order valence-corrected chi connectivity index (χ4v) is 1.32. The molecule has 1 atom stereocenters. The largest absolute Gasteiger partial charge is 0.508 e. The number of aromatic hydroxyl groups is 1. The second-order valence-corrected chi connectivity index (χ2v) is 2.94. The number of benzene rings is 1. The van der Waals surface area contributed by atoms with Crippen LogP contribution in [0, 0.1) is 0 Å². The Hall–Kier alpha value is -1.71. The molecule has 0 bridgehead atoms. The zero-order chi connectivity index (χ0) is 9.26. The highest BCUT2D eigenvalue weighted by atomic mass is 16.6. The van der Waals surface area contributed by atoms with Crippen LogP contribution in [-0.2, 0) is 4.84 Å². The van der Waals surface area contributed by atoms with Crippen molar-refractivity contribution in [2.24, 2.45) is 10.9 Å². The van der Waals surface area contributed by atoms with E-state index in [-0.39, 0.29) is 11.9 Å². The Kier molecular flexibility index (Phi) is 1.81. The first-order valence-electron chi connectivity index (χ1n) is 4.03. The predicted octanol–water partition coefficient (Wildman–Crippen LogP) is 1.13. The standard InChI is InChI=1S/C9H10N2O2/c10-9-5-8(13-11-9)6-3-1-2-4-7(6)12/h1-4,8,12H,5H2,(H2,10,11). The quantitative estimate of drug-likeness (QED) is 0.677. The molecule has 4 nitrogen and oxygen atoms in total. The molecule has 1 aromatic rings. The first-order chi connectivity index (χ1) is 6.27. The summed E-state index contributed by atoms with van der Waals surface area (Å²) < 4.78 is 0. The average Bonchev–Trinajstić information content (AvgIpc) is 2.53. The van der Waals surface area contributed by atoms with Crippen molar-refractivity contribution < 1.29 is 9.94 Å². The Labute approximate surface area is 75.6 Å². The fourth-order valence-electron chi connectivity index (χ4n) is 1.32. The molecule has 13 heavy (non-hydrogen) atoms. The number of nitrogens with two attached hydrogens (primary N) is 1. The molecule has 1 heterocycles. The minimum absolute atomic E-state index is 0.220. The van der Waals surface area contributed by atoms with Crippen LogP contribution in [0.4, 0.5) is 0 Å². The third-order valence-electron chi connectivity index (χ3n) is 1.98. The van der Waals surface area contributed by atoms with E-state index in [1.54, 1.807) is 18.2 Å². The van der Waals surface area contributed by atoms with Gasteiger partial charge in [0.2, 0.25) is 0 Å². The summed E-state index contributed by atoms with van der Waals surface area (Å²) in [4.78, 5) is 5.04. The van der Waals surface area contributed by atoms with Gasteiger partial charge in [0.15, 0.2) is 6.10 Å². The predicted molar refractivity (Wildman–Crippen MR) is 48.2 cm³/mol. The van der Waals surface area contributed by atoms with Gasteiger partial charge in [-0.15, -0.1) is 0 Å². The van der Waals surface area contributed by atoms with Crippen molar-refractivity contribution in [1.82, 2.24) is 0 Å². The van der Waals surface area contributed by atoms with Crippen LogP contribution in [0.5, 0.6) is 5.75 Å². The molecule has 0 fully saturated rings. The maximum absolute atomic E-state index is 9.49. The maximum Gasteiger partial charge on any atom is 0.163 e. The van der Waals surface area contributed by atoms with Crippen molar-refractivity contribution in [3.05, 3.63) is 29.8 Å². The molecule has 4 heteroatoms. The number of amidine groups is 1. The summed E-state index contributed by atoms with van der Waals surface area (Å²) >= 11 is 0. The highest BCUT2D eigenvalue weighted by Crippen LogP contribution is 2.31. The van der Waals surface area contributed by atoms with Gasteiger partial charge in [0.25, 0.3) is 0 Å². The minimum atomic E-state index is -0.235. The minimum Gasteiger partial charge on any atom is -0.508 e. The second kappa shape index (κ2) is 2.97. The zero-order valence-electron chi connectivity index (χ0n) is 6.97. The topological polar surface area (TPSA) is 67.8 Å². The molecule has 0 saturated carbocycles. The van der Waals surface area contributed by atoms with Gasteiger partial charge in [0.05, 0.1) is 6.42 Å². The lowest BCUT2D eigenvalue weighted by atomic mass is 10.1. The van der Waals surface area contributed by atoms with Crippen LogP contribution < -0.4 is 5.73 Å². The fraction of sp³-hybridized carbons (Fsp3) is 0.222. The van der Waals surface area contributed by atoms with Crippen LogP contribution in [-0.4, -0.2) is 10.9 Å². The van der Waals surface area contributed by atoms with Gasteiger partial charge in [-0.05, 0) is 6.07 Å². The number of hydrogen-bond acceptors (Lipinski definition) is 4. The monoisotopic (exact) mass is 178 g/mol. The van der Waals surface area contributed by atoms with E-state index < -0.39 is 0 Å². The molecule has 0 spiro atoms. The summed E-state index contributed by atoms with van der Waals surface area (Å²) in [6, 6.07) is 7.02. The zero-order valence-corrected chi connectivity index (χ0v) is 6.97. The van der Waals surface area contributed by atoms with Gasteiger partial charge in [0.1, 0.15) is 11.6 Å². The van der Waals surface area contributed by atoms with Crippen molar-refractivity contribution in [2.45, 2.75) is 12.5 Å². The van der Waals surface area contributed by atoms with Gasteiger partial charge in [-0.3, -0.25) is 0 Å². The Balaban J connectivity index is 2.23. The molecule has 1 aromatic carbocycles. The van der Waals surface area contributed by atoms with E-state index in [9.17, 15) is 5.11 Å². The van der Waals surface area contributed by atoms with Gasteiger partial charge >= 0.3 is 0 Å². The highest BCUT2D eigenvalue weighted by molar-refractivity contribution is 5.81. The van der Waals surface area contributed by atoms with Crippen LogP contribution in [0.3, 0.4) is 0 Å². The second-order valence-electron chi connectivity index (χ2n) is 2.94. The van der Waals surface area contributed by atoms with Crippen LogP contribution in [0.1, 0.15) is 18.1 Å². The van der Waals surface area contributed by atoms with Gasteiger partial charge in [-0.25, -0.2) is 0 Å². The van der Waals surface area contributed by atoms with Crippen molar-refractivity contribution in [2.75, 3.05) is 0 Å². The molecule has 68 valence electrons. The summed E-state index contributed by atoms with van der Waals surface area (Å²) in [5, 5.41) is 13.1. The summed E-state index contributed by atoms with van der Waals surface area (Å²) in [5.41, 5.74) is 6.18.